The van der Waals surface area contributed by atoms with E-state index in [-0.39, 0.29) is 6.04 Å². The average molecular weight is 292 g/mol. The van der Waals surface area contributed by atoms with E-state index in [0.717, 1.165) is 25.3 Å². The molecule has 1 rings (SSSR count). The summed E-state index contributed by atoms with van der Waals surface area (Å²) in [7, 11) is 0. The largest absolute Gasteiger partial charge is 0.494 e. The average Bonchev–Trinajstić information content (AvgIpc) is 2.45. The van der Waals surface area contributed by atoms with Crippen LogP contribution in [0.2, 0.25) is 0 Å². The quantitative estimate of drug-likeness (QED) is 0.751. The van der Waals surface area contributed by atoms with Gasteiger partial charge in [0.2, 0.25) is 0 Å². The molecule has 0 saturated heterocycles. The maximum atomic E-state index is 6.09. The Bertz CT molecular complexity index is 404. The molecule has 1 atom stereocenters. The molecule has 2 N–H and O–H groups in total. The standard InChI is InChI=1S/C18H32N2O/c1-6-10-21-17-9-7-8-16(11-17)18(12-19)20(15(4)5)13-14(2)3/h7-9,11,14-15,18H,6,10,12-13,19H2,1-5H3. The summed E-state index contributed by atoms with van der Waals surface area (Å²) >= 11 is 0. The zero-order valence-corrected chi connectivity index (χ0v) is 14.3. The molecule has 0 bridgehead atoms. The molecule has 0 aliphatic heterocycles. The van der Waals surface area contributed by atoms with Crippen LogP contribution < -0.4 is 10.5 Å². The maximum Gasteiger partial charge on any atom is 0.119 e. The summed E-state index contributed by atoms with van der Waals surface area (Å²) in [5.41, 5.74) is 7.34. The number of nitrogens with zero attached hydrogens (tertiary/aromatic N) is 1. The molecule has 0 amide bonds. The highest BCUT2D eigenvalue weighted by atomic mass is 16.5. The lowest BCUT2D eigenvalue weighted by Crippen LogP contribution is -2.40. The van der Waals surface area contributed by atoms with Crippen molar-refractivity contribution in [2.24, 2.45) is 11.7 Å². The molecule has 120 valence electrons. The Morgan fingerprint density at radius 3 is 2.43 bits per heavy atom. The Morgan fingerprint density at radius 1 is 1.19 bits per heavy atom. The lowest BCUT2D eigenvalue weighted by molar-refractivity contribution is 0.138. The van der Waals surface area contributed by atoms with Crippen LogP contribution in [0.25, 0.3) is 0 Å². The summed E-state index contributed by atoms with van der Waals surface area (Å²) in [4.78, 5) is 2.49. The van der Waals surface area contributed by atoms with Gasteiger partial charge in [0.25, 0.3) is 0 Å². The van der Waals surface area contributed by atoms with Crippen molar-refractivity contribution in [2.45, 2.75) is 53.1 Å². The zero-order valence-electron chi connectivity index (χ0n) is 14.3. The molecular weight excluding hydrogens is 260 g/mol. The van der Waals surface area contributed by atoms with E-state index in [1.165, 1.54) is 5.56 Å². The second-order valence-corrected chi connectivity index (χ2v) is 6.36. The Kier molecular flexibility index (Phi) is 7.76. The van der Waals surface area contributed by atoms with Gasteiger partial charge in [-0.3, -0.25) is 4.90 Å². The normalized spacial score (nSPS) is 13.2. The number of ether oxygens (including phenoxy) is 1. The Morgan fingerprint density at radius 2 is 1.90 bits per heavy atom. The van der Waals surface area contributed by atoms with Crippen LogP contribution in [0.3, 0.4) is 0 Å². The van der Waals surface area contributed by atoms with E-state index in [4.69, 9.17) is 10.5 Å². The SMILES string of the molecule is CCCOc1cccc(C(CN)N(CC(C)C)C(C)C)c1. The third-order valence-electron chi connectivity index (χ3n) is 3.58. The van der Waals surface area contributed by atoms with E-state index >= 15 is 0 Å². The van der Waals surface area contributed by atoms with Gasteiger partial charge in [-0.05, 0) is 43.9 Å². The van der Waals surface area contributed by atoms with Crippen LogP contribution in [0.15, 0.2) is 24.3 Å². The summed E-state index contributed by atoms with van der Waals surface area (Å²) in [6.07, 6.45) is 1.02. The first-order valence-electron chi connectivity index (χ1n) is 8.18. The minimum Gasteiger partial charge on any atom is -0.494 e. The molecule has 21 heavy (non-hydrogen) atoms. The number of nitrogens with two attached hydrogens (primary N) is 1. The van der Waals surface area contributed by atoms with E-state index in [1.54, 1.807) is 0 Å². The highest BCUT2D eigenvalue weighted by Crippen LogP contribution is 2.26. The highest BCUT2D eigenvalue weighted by Gasteiger charge is 2.22. The molecule has 0 heterocycles. The van der Waals surface area contributed by atoms with Crippen LogP contribution >= 0.6 is 0 Å². The molecular formula is C18H32N2O. The summed E-state index contributed by atoms with van der Waals surface area (Å²) < 4.78 is 5.75. The number of benzene rings is 1. The summed E-state index contributed by atoms with van der Waals surface area (Å²) in [6.45, 7) is 13.5. The summed E-state index contributed by atoms with van der Waals surface area (Å²) in [5.74, 6) is 1.57. The fraction of sp³-hybridized carbons (Fsp3) is 0.667. The van der Waals surface area contributed by atoms with Gasteiger partial charge >= 0.3 is 0 Å². The molecule has 0 saturated carbocycles. The van der Waals surface area contributed by atoms with Crippen molar-refractivity contribution in [2.75, 3.05) is 19.7 Å². The monoisotopic (exact) mass is 292 g/mol. The molecule has 1 aromatic rings. The van der Waals surface area contributed by atoms with Gasteiger partial charge in [-0.25, -0.2) is 0 Å². The molecule has 0 radical (unpaired) electrons. The van der Waals surface area contributed by atoms with Crippen LogP contribution in [0, 0.1) is 5.92 Å². The second kappa shape index (κ2) is 9.06. The van der Waals surface area contributed by atoms with Gasteiger partial charge in [0, 0.05) is 25.2 Å². The summed E-state index contributed by atoms with van der Waals surface area (Å²) in [6, 6.07) is 9.11. The molecule has 3 nitrogen and oxygen atoms in total. The first-order valence-corrected chi connectivity index (χ1v) is 8.18. The van der Waals surface area contributed by atoms with Crippen LogP contribution in [0.4, 0.5) is 0 Å². The fourth-order valence-electron chi connectivity index (χ4n) is 2.61. The van der Waals surface area contributed by atoms with Gasteiger partial charge in [0.1, 0.15) is 5.75 Å². The molecule has 0 fully saturated rings. The second-order valence-electron chi connectivity index (χ2n) is 6.36. The number of rotatable bonds is 9. The van der Waals surface area contributed by atoms with E-state index < -0.39 is 0 Å². The van der Waals surface area contributed by atoms with Gasteiger partial charge < -0.3 is 10.5 Å². The van der Waals surface area contributed by atoms with Crippen molar-refractivity contribution in [3.8, 4) is 5.75 Å². The number of hydrogen-bond donors (Lipinski definition) is 1. The predicted octanol–water partition coefficient (Wildman–Crippen LogP) is 3.84. The van der Waals surface area contributed by atoms with Crippen molar-refractivity contribution in [1.29, 1.82) is 0 Å². The Labute approximate surface area is 130 Å². The van der Waals surface area contributed by atoms with Crippen molar-refractivity contribution in [3.63, 3.8) is 0 Å². The van der Waals surface area contributed by atoms with E-state index in [0.29, 0.717) is 18.5 Å². The first-order chi connectivity index (χ1) is 9.99. The predicted molar refractivity (Wildman–Crippen MR) is 90.7 cm³/mol. The van der Waals surface area contributed by atoms with Gasteiger partial charge in [0.15, 0.2) is 0 Å². The Balaban J connectivity index is 2.95. The maximum absolute atomic E-state index is 6.09. The van der Waals surface area contributed by atoms with Crippen LogP contribution in [-0.2, 0) is 0 Å². The third kappa shape index (κ3) is 5.68. The van der Waals surface area contributed by atoms with Crippen molar-refractivity contribution in [3.05, 3.63) is 29.8 Å². The lowest BCUT2D eigenvalue weighted by atomic mass is 10.0. The Hall–Kier alpha value is -1.06. The summed E-state index contributed by atoms with van der Waals surface area (Å²) in [5, 5.41) is 0. The van der Waals surface area contributed by atoms with Crippen LogP contribution in [-0.4, -0.2) is 30.6 Å². The molecule has 3 heteroatoms. The minimum atomic E-state index is 0.248. The van der Waals surface area contributed by atoms with Gasteiger partial charge in [-0.15, -0.1) is 0 Å². The highest BCUT2D eigenvalue weighted by molar-refractivity contribution is 5.31. The molecule has 1 unspecified atom stereocenters. The van der Waals surface area contributed by atoms with Gasteiger partial charge in [-0.2, -0.15) is 0 Å². The molecule has 1 aromatic carbocycles. The third-order valence-corrected chi connectivity index (χ3v) is 3.58. The van der Waals surface area contributed by atoms with Crippen molar-refractivity contribution in [1.82, 2.24) is 4.90 Å². The molecule has 0 aliphatic carbocycles. The van der Waals surface area contributed by atoms with Crippen LogP contribution in [0.1, 0.15) is 52.6 Å². The van der Waals surface area contributed by atoms with Crippen molar-refractivity contribution < 1.29 is 4.74 Å². The zero-order chi connectivity index (χ0) is 15.8. The van der Waals surface area contributed by atoms with Crippen LogP contribution in [0.5, 0.6) is 5.75 Å². The molecule has 0 aliphatic rings. The topological polar surface area (TPSA) is 38.5 Å². The minimum absolute atomic E-state index is 0.248. The van der Waals surface area contributed by atoms with E-state index in [1.807, 2.05) is 6.07 Å². The first kappa shape index (κ1) is 18.0. The van der Waals surface area contributed by atoms with E-state index in [2.05, 4.69) is 57.7 Å². The van der Waals surface area contributed by atoms with Crippen molar-refractivity contribution >= 4 is 0 Å². The van der Waals surface area contributed by atoms with Gasteiger partial charge in [-0.1, -0.05) is 32.9 Å². The van der Waals surface area contributed by atoms with Gasteiger partial charge in [0.05, 0.1) is 6.61 Å². The van der Waals surface area contributed by atoms with E-state index in [9.17, 15) is 0 Å². The smallest absolute Gasteiger partial charge is 0.119 e. The lowest BCUT2D eigenvalue weighted by Gasteiger charge is -2.36. The number of hydrogen-bond acceptors (Lipinski definition) is 3. The molecule has 0 spiro atoms. The molecule has 0 aromatic heterocycles. The fourth-order valence-corrected chi connectivity index (χ4v) is 2.61.